The highest BCUT2D eigenvalue weighted by atomic mass is 16.2. The van der Waals surface area contributed by atoms with Gasteiger partial charge in [0, 0.05) is 38.9 Å². The number of carbonyl (C=O) groups is 3. The summed E-state index contributed by atoms with van der Waals surface area (Å²) in [4.78, 5) is 40.0. The molecule has 2 saturated heterocycles. The number of imide groups is 1. The fourth-order valence-corrected chi connectivity index (χ4v) is 4.06. The van der Waals surface area contributed by atoms with E-state index in [0.29, 0.717) is 31.7 Å². The van der Waals surface area contributed by atoms with Crippen LogP contribution in [-0.4, -0.2) is 47.2 Å². The van der Waals surface area contributed by atoms with Crippen LogP contribution in [0.3, 0.4) is 0 Å². The largest absolute Gasteiger partial charge is 0.342 e. The first-order valence-electron chi connectivity index (χ1n) is 9.58. The molecule has 0 aromatic carbocycles. The molecule has 25 heavy (non-hydrogen) atoms. The molecule has 2 aliphatic rings. The summed E-state index contributed by atoms with van der Waals surface area (Å²) in [5.41, 5.74) is -0.128. The van der Waals surface area contributed by atoms with E-state index >= 15 is 0 Å². The van der Waals surface area contributed by atoms with Crippen LogP contribution in [0.4, 0.5) is 0 Å². The summed E-state index contributed by atoms with van der Waals surface area (Å²) in [5.74, 6) is 0.624. The Balaban J connectivity index is 1.83. The smallest absolute Gasteiger partial charge is 0.229 e. The number of hydrogen-bond acceptors (Lipinski definition) is 3. The van der Waals surface area contributed by atoms with Crippen LogP contribution in [0.15, 0.2) is 0 Å². The SMILES string of the molecule is CC(C)(C)CC(=O)N1CCC(CC(C)(C)CC(=O)N2CCCC2=O)C1. The molecule has 0 bridgehead atoms. The lowest BCUT2D eigenvalue weighted by Crippen LogP contribution is -2.36. The molecule has 5 heteroatoms. The molecule has 2 heterocycles. The first-order chi connectivity index (χ1) is 11.5. The van der Waals surface area contributed by atoms with Crippen molar-refractivity contribution < 1.29 is 14.4 Å². The van der Waals surface area contributed by atoms with E-state index in [9.17, 15) is 14.4 Å². The zero-order valence-electron chi connectivity index (χ0n) is 16.6. The van der Waals surface area contributed by atoms with Gasteiger partial charge in [0.2, 0.25) is 17.7 Å². The van der Waals surface area contributed by atoms with Gasteiger partial charge in [0.25, 0.3) is 0 Å². The number of carbonyl (C=O) groups excluding carboxylic acids is 3. The zero-order valence-corrected chi connectivity index (χ0v) is 16.6. The Kier molecular flexibility index (Phi) is 5.95. The Morgan fingerprint density at radius 3 is 2.28 bits per heavy atom. The van der Waals surface area contributed by atoms with Crippen LogP contribution in [-0.2, 0) is 14.4 Å². The lowest BCUT2D eigenvalue weighted by molar-refractivity contribution is -0.143. The minimum atomic E-state index is -0.145. The molecule has 0 saturated carbocycles. The maximum Gasteiger partial charge on any atom is 0.229 e. The van der Waals surface area contributed by atoms with Crippen molar-refractivity contribution in [1.82, 2.24) is 9.80 Å². The highest BCUT2D eigenvalue weighted by Crippen LogP contribution is 2.35. The van der Waals surface area contributed by atoms with Crippen molar-refractivity contribution in [3.8, 4) is 0 Å². The van der Waals surface area contributed by atoms with Crippen LogP contribution in [0.5, 0.6) is 0 Å². The second kappa shape index (κ2) is 7.46. The molecule has 0 radical (unpaired) electrons. The maximum atomic E-state index is 12.4. The summed E-state index contributed by atoms with van der Waals surface area (Å²) < 4.78 is 0. The van der Waals surface area contributed by atoms with Gasteiger partial charge in [-0.1, -0.05) is 34.6 Å². The molecule has 3 amide bonds. The summed E-state index contributed by atoms with van der Waals surface area (Å²) >= 11 is 0. The van der Waals surface area contributed by atoms with E-state index in [1.165, 1.54) is 4.90 Å². The van der Waals surface area contributed by atoms with E-state index in [1.807, 2.05) is 4.90 Å². The Labute approximate surface area is 152 Å². The molecule has 1 unspecified atom stereocenters. The number of nitrogens with zero attached hydrogens (tertiary/aromatic N) is 2. The number of likely N-dealkylation sites (tertiary alicyclic amines) is 2. The Morgan fingerprint density at radius 1 is 1.04 bits per heavy atom. The molecule has 2 fully saturated rings. The van der Waals surface area contributed by atoms with Crippen LogP contribution < -0.4 is 0 Å². The highest BCUT2D eigenvalue weighted by Gasteiger charge is 2.35. The molecule has 142 valence electrons. The zero-order chi connectivity index (χ0) is 18.8. The summed E-state index contributed by atoms with van der Waals surface area (Å²) in [6, 6.07) is 0. The van der Waals surface area contributed by atoms with Gasteiger partial charge in [-0.3, -0.25) is 19.3 Å². The second-order valence-corrected chi connectivity index (χ2v) is 9.82. The van der Waals surface area contributed by atoms with E-state index in [2.05, 4.69) is 34.6 Å². The molecule has 0 aromatic rings. The average Bonchev–Trinajstić information content (AvgIpc) is 3.04. The highest BCUT2D eigenvalue weighted by molar-refractivity contribution is 5.96. The average molecular weight is 351 g/mol. The van der Waals surface area contributed by atoms with Gasteiger partial charge in [-0.2, -0.15) is 0 Å². The van der Waals surface area contributed by atoms with E-state index in [0.717, 1.165) is 32.4 Å². The summed E-state index contributed by atoms with van der Waals surface area (Å²) in [6.45, 7) is 12.7. The van der Waals surface area contributed by atoms with Crippen LogP contribution in [0, 0.1) is 16.7 Å². The first-order valence-corrected chi connectivity index (χ1v) is 9.58. The van der Waals surface area contributed by atoms with Crippen molar-refractivity contribution >= 4 is 17.7 Å². The van der Waals surface area contributed by atoms with Crippen molar-refractivity contribution in [2.24, 2.45) is 16.7 Å². The molecule has 2 rings (SSSR count). The normalized spacial score (nSPS) is 22.0. The fraction of sp³-hybridized carbons (Fsp3) is 0.850. The van der Waals surface area contributed by atoms with Crippen LogP contribution in [0.1, 0.15) is 73.1 Å². The number of amides is 3. The molecular formula is C20H34N2O3. The third-order valence-electron chi connectivity index (χ3n) is 5.17. The quantitative estimate of drug-likeness (QED) is 0.765. The van der Waals surface area contributed by atoms with Crippen LogP contribution in [0.25, 0.3) is 0 Å². The standard InChI is InChI=1S/C20H34N2O3/c1-19(2,3)12-17(24)21-10-8-15(14-21)11-20(4,5)13-18(25)22-9-6-7-16(22)23/h15H,6-14H2,1-5H3. The van der Waals surface area contributed by atoms with Crippen molar-refractivity contribution in [3.05, 3.63) is 0 Å². The minimum Gasteiger partial charge on any atom is -0.342 e. The molecule has 0 aliphatic carbocycles. The van der Waals surface area contributed by atoms with Crippen LogP contribution >= 0.6 is 0 Å². The van der Waals surface area contributed by atoms with E-state index in [-0.39, 0.29) is 28.6 Å². The summed E-state index contributed by atoms with van der Waals surface area (Å²) in [5, 5.41) is 0. The third-order valence-corrected chi connectivity index (χ3v) is 5.17. The third kappa shape index (κ3) is 5.82. The Hall–Kier alpha value is -1.39. The minimum absolute atomic E-state index is 0.0170. The maximum absolute atomic E-state index is 12.4. The number of hydrogen-bond donors (Lipinski definition) is 0. The Morgan fingerprint density at radius 2 is 1.72 bits per heavy atom. The van der Waals surface area contributed by atoms with Crippen molar-refractivity contribution in [1.29, 1.82) is 0 Å². The van der Waals surface area contributed by atoms with Crippen LogP contribution in [0.2, 0.25) is 0 Å². The van der Waals surface area contributed by atoms with Crippen molar-refractivity contribution in [2.45, 2.75) is 73.1 Å². The predicted octanol–water partition coefficient (Wildman–Crippen LogP) is 3.23. The summed E-state index contributed by atoms with van der Waals surface area (Å²) in [7, 11) is 0. The van der Waals surface area contributed by atoms with Gasteiger partial charge in [-0.05, 0) is 36.0 Å². The fourth-order valence-electron chi connectivity index (χ4n) is 4.06. The van der Waals surface area contributed by atoms with Gasteiger partial charge in [-0.15, -0.1) is 0 Å². The monoisotopic (exact) mass is 350 g/mol. The number of rotatable bonds is 5. The van der Waals surface area contributed by atoms with E-state index in [4.69, 9.17) is 0 Å². The lowest BCUT2D eigenvalue weighted by atomic mass is 9.79. The van der Waals surface area contributed by atoms with Gasteiger partial charge in [-0.25, -0.2) is 0 Å². The topological polar surface area (TPSA) is 57.7 Å². The molecule has 2 aliphatic heterocycles. The Bertz CT molecular complexity index is 534. The molecular weight excluding hydrogens is 316 g/mol. The molecule has 0 N–H and O–H groups in total. The van der Waals surface area contributed by atoms with E-state index in [1.54, 1.807) is 0 Å². The lowest BCUT2D eigenvalue weighted by Gasteiger charge is -2.29. The molecule has 0 spiro atoms. The molecule has 1 atom stereocenters. The van der Waals surface area contributed by atoms with Gasteiger partial charge in [0.05, 0.1) is 0 Å². The van der Waals surface area contributed by atoms with Gasteiger partial charge >= 0.3 is 0 Å². The van der Waals surface area contributed by atoms with E-state index < -0.39 is 0 Å². The van der Waals surface area contributed by atoms with Crippen molar-refractivity contribution in [3.63, 3.8) is 0 Å². The van der Waals surface area contributed by atoms with Crippen molar-refractivity contribution in [2.75, 3.05) is 19.6 Å². The van der Waals surface area contributed by atoms with Gasteiger partial charge in [0.1, 0.15) is 0 Å². The van der Waals surface area contributed by atoms with Gasteiger partial charge in [0.15, 0.2) is 0 Å². The summed E-state index contributed by atoms with van der Waals surface area (Å²) in [6.07, 6.45) is 4.21. The van der Waals surface area contributed by atoms with Gasteiger partial charge < -0.3 is 4.90 Å². The molecule has 0 aromatic heterocycles. The molecule has 5 nitrogen and oxygen atoms in total. The first kappa shape index (κ1) is 19.9. The predicted molar refractivity (Wildman–Crippen MR) is 97.7 cm³/mol. The second-order valence-electron chi connectivity index (χ2n) is 9.82.